The summed E-state index contributed by atoms with van der Waals surface area (Å²) in [6, 6.07) is 12.1. The topological polar surface area (TPSA) is 89.5 Å². The summed E-state index contributed by atoms with van der Waals surface area (Å²) < 4.78 is 42.1. The van der Waals surface area contributed by atoms with Crippen LogP contribution in [0.4, 0.5) is 4.39 Å². The third-order valence-electron chi connectivity index (χ3n) is 4.82. The maximum Gasteiger partial charge on any atom is 0.307 e. The monoisotopic (exact) mass is 419 g/mol. The van der Waals surface area contributed by atoms with Crippen molar-refractivity contribution < 1.29 is 27.1 Å². The van der Waals surface area contributed by atoms with Crippen LogP contribution < -0.4 is 5.32 Å². The van der Waals surface area contributed by atoms with E-state index in [2.05, 4.69) is 5.32 Å². The van der Waals surface area contributed by atoms with Crippen LogP contribution in [0.5, 0.6) is 0 Å². The number of carbonyl (C=O) groups excluding carboxylic acids is 2. The molecule has 0 saturated carbocycles. The molecule has 0 heterocycles. The van der Waals surface area contributed by atoms with E-state index in [1.165, 1.54) is 5.56 Å². The number of hydrogen-bond acceptors (Lipinski definition) is 5. The predicted molar refractivity (Wildman–Crippen MR) is 104 cm³/mol. The summed E-state index contributed by atoms with van der Waals surface area (Å²) in [5.41, 5.74) is 2.27. The van der Waals surface area contributed by atoms with Crippen molar-refractivity contribution in [1.29, 1.82) is 0 Å². The number of esters is 1. The zero-order chi connectivity index (χ0) is 20.9. The van der Waals surface area contributed by atoms with Gasteiger partial charge in [-0.2, -0.15) is 0 Å². The Bertz CT molecular complexity index is 988. The Kier molecular flexibility index (Phi) is 6.64. The molecule has 29 heavy (non-hydrogen) atoms. The zero-order valence-electron chi connectivity index (χ0n) is 15.8. The molecule has 1 N–H and O–H groups in total. The first-order valence-electron chi connectivity index (χ1n) is 9.36. The average Bonchev–Trinajstić information content (AvgIpc) is 2.71. The number of rotatable bonds is 7. The van der Waals surface area contributed by atoms with E-state index in [1.807, 2.05) is 24.3 Å². The molecule has 1 aliphatic rings. The summed E-state index contributed by atoms with van der Waals surface area (Å²) in [5.74, 6) is -2.24. The molecule has 6 nitrogen and oxygen atoms in total. The fraction of sp³-hybridized carbons (Fsp3) is 0.333. The lowest BCUT2D eigenvalue weighted by molar-refractivity contribution is -0.148. The average molecular weight is 419 g/mol. The normalized spacial score (nSPS) is 16.0. The second kappa shape index (κ2) is 9.17. The van der Waals surface area contributed by atoms with Crippen LogP contribution in [0.15, 0.2) is 53.4 Å². The lowest BCUT2D eigenvalue weighted by atomic mass is 9.88. The van der Waals surface area contributed by atoms with Crippen LogP contribution in [0.3, 0.4) is 0 Å². The molecule has 0 aromatic heterocycles. The van der Waals surface area contributed by atoms with Crippen molar-refractivity contribution in [3.05, 3.63) is 65.5 Å². The molecule has 2 aromatic carbocycles. The lowest BCUT2D eigenvalue weighted by Crippen LogP contribution is -2.34. The van der Waals surface area contributed by atoms with E-state index in [9.17, 15) is 22.4 Å². The fourth-order valence-electron chi connectivity index (χ4n) is 3.34. The number of aryl methyl sites for hydroxylation is 1. The second-order valence-corrected chi connectivity index (χ2v) is 9.00. The van der Waals surface area contributed by atoms with Gasteiger partial charge in [0.15, 0.2) is 16.4 Å². The van der Waals surface area contributed by atoms with Crippen molar-refractivity contribution in [2.75, 3.05) is 12.4 Å². The number of sulfone groups is 1. The Morgan fingerprint density at radius 3 is 2.59 bits per heavy atom. The number of nitrogens with one attached hydrogen (secondary N) is 1. The summed E-state index contributed by atoms with van der Waals surface area (Å²) >= 11 is 0. The lowest BCUT2D eigenvalue weighted by Gasteiger charge is -2.26. The molecule has 1 aliphatic carbocycles. The molecule has 0 bridgehead atoms. The zero-order valence-corrected chi connectivity index (χ0v) is 16.6. The SMILES string of the molecule is O=C(COC(=O)CCS(=O)(=O)c1ccc(F)cc1)N[C@H]1CCCc2ccccc21. The number of fused-ring (bicyclic) bond motifs is 1. The maximum atomic E-state index is 12.9. The van der Waals surface area contributed by atoms with Crippen LogP contribution in [0.25, 0.3) is 0 Å². The van der Waals surface area contributed by atoms with Crippen LogP contribution in [-0.2, 0) is 30.6 Å². The quantitative estimate of drug-likeness (QED) is 0.551. The molecule has 1 amide bonds. The number of carbonyl (C=O) groups is 2. The predicted octanol–water partition coefficient (Wildman–Crippen LogP) is 2.73. The van der Waals surface area contributed by atoms with Crippen LogP contribution in [-0.4, -0.2) is 32.7 Å². The van der Waals surface area contributed by atoms with Gasteiger partial charge in [0, 0.05) is 0 Å². The highest BCUT2D eigenvalue weighted by atomic mass is 32.2. The Balaban J connectivity index is 1.46. The van der Waals surface area contributed by atoms with Gasteiger partial charge in [-0.1, -0.05) is 24.3 Å². The number of halogens is 1. The molecule has 1 atom stereocenters. The maximum absolute atomic E-state index is 12.9. The minimum Gasteiger partial charge on any atom is -0.456 e. The van der Waals surface area contributed by atoms with Gasteiger partial charge in [-0.3, -0.25) is 9.59 Å². The Labute approximate surface area is 169 Å². The number of ether oxygens (including phenoxy) is 1. The van der Waals surface area contributed by atoms with E-state index < -0.39 is 39.9 Å². The van der Waals surface area contributed by atoms with E-state index in [0.717, 1.165) is 49.1 Å². The number of hydrogen-bond donors (Lipinski definition) is 1. The van der Waals surface area contributed by atoms with Crippen LogP contribution in [0.2, 0.25) is 0 Å². The summed E-state index contributed by atoms with van der Waals surface area (Å²) in [5, 5.41) is 2.86. The first kappa shape index (κ1) is 21.0. The van der Waals surface area contributed by atoms with Gasteiger partial charge in [0.2, 0.25) is 0 Å². The fourth-order valence-corrected chi connectivity index (χ4v) is 4.56. The van der Waals surface area contributed by atoms with Crippen molar-refractivity contribution in [3.63, 3.8) is 0 Å². The molecular weight excluding hydrogens is 397 g/mol. The third kappa shape index (κ3) is 5.63. The van der Waals surface area contributed by atoms with E-state index in [1.54, 1.807) is 0 Å². The molecule has 0 spiro atoms. The first-order chi connectivity index (χ1) is 13.8. The van der Waals surface area contributed by atoms with Gasteiger partial charge in [-0.05, 0) is 54.7 Å². The van der Waals surface area contributed by atoms with Gasteiger partial charge in [0.05, 0.1) is 23.1 Å². The van der Waals surface area contributed by atoms with Gasteiger partial charge in [-0.25, -0.2) is 12.8 Å². The highest BCUT2D eigenvalue weighted by molar-refractivity contribution is 7.91. The molecule has 154 valence electrons. The molecule has 0 radical (unpaired) electrons. The van der Waals surface area contributed by atoms with Crippen molar-refractivity contribution >= 4 is 21.7 Å². The van der Waals surface area contributed by atoms with Gasteiger partial charge in [0.25, 0.3) is 5.91 Å². The van der Waals surface area contributed by atoms with E-state index in [0.29, 0.717) is 0 Å². The minimum atomic E-state index is -3.73. The summed E-state index contributed by atoms with van der Waals surface area (Å²) in [6.07, 6.45) is 2.36. The molecule has 0 aliphatic heterocycles. The van der Waals surface area contributed by atoms with Gasteiger partial charge >= 0.3 is 5.97 Å². The first-order valence-corrected chi connectivity index (χ1v) is 11.0. The van der Waals surface area contributed by atoms with Gasteiger partial charge in [-0.15, -0.1) is 0 Å². The third-order valence-corrected chi connectivity index (χ3v) is 6.55. The molecular formula is C21H22FNO5S. The Morgan fingerprint density at radius 1 is 1.10 bits per heavy atom. The van der Waals surface area contributed by atoms with Crippen LogP contribution in [0.1, 0.15) is 36.4 Å². The van der Waals surface area contributed by atoms with Gasteiger partial charge in [0.1, 0.15) is 5.82 Å². The summed E-state index contributed by atoms with van der Waals surface area (Å²) in [6.45, 7) is -0.464. The number of benzene rings is 2. The van der Waals surface area contributed by atoms with Crippen molar-refractivity contribution in [1.82, 2.24) is 5.32 Å². The van der Waals surface area contributed by atoms with E-state index in [-0.39, 0.29) is 17.4 Å². The van der Waals surface area contributed by atoms with E-state index >= 15 is 0 Å². The molecule has 0 saturated heterocycles. The molecule has 0 unspecified atom stereocenters. The minimum absolute atomic E-state index is 0.0691. The molecule has 8 heteroatoms. The standard InChI is InChI=1S/C21H22FNO5S/c22-16-8-10-17(11-9-16)29(26,27)13-12-21(25)28-14-20(24)23-19-7-3-5-15-4-1-2-6-18(15)19/h1-2,4,6,8-11,19H,3,5,7,12-14H2,(H,23,24)/t19-/m0/s1. The van der Waals surface area contributed by atoms with E-state index in [4.69, 9.17) is 4.74 Å². The molecule has 0 fully saturated rings. The summed E-state index contributed by atoms with van der Waals surface area (Å²) in [4.78, 5) is 23.9. The van der Waals surface area contributed by atoms with Crippen molar-refractivity contribution in [2.24, 2.45) is 0 Å². The summed E-state index contributed by atoms with van der Waals surface area (Å²) in [7, 11) is -3.73. The number of amides is 1. The van der Waals surface area contributed by atoms with Gasteiger partial charge < -0.3 is 10.1 Å². The Morgan fingerprint density at radius 2 is 1.83 bits per heavy atom. The smallest absolute Gasteiger partial charge is 0.307 e. The highest BCUT2D eigenvalue weighted by Gasteiger charge is 2.22. The van der Waals surface area contributed by atoms with Crippen molar-refractivity contribution in [3.8, 4) is 0 Å². The largest absolute Gasteiger partial charge is 0.456 e. The van der Waals surface area contributed by atoms with Crippen molar-refractivity contribution in [2.45, 2.75) is 36.6 Å². The Hall–Kier alpha value is -2.74. The second-order valence-electron chi connectivity index (χ2n) is 6.89. The highest BCUT2D eigenvalue weighted by Crippen LogP contribution is 2.29. The van der Waals surface area contributed by atoms with Crippen LogP contribution in [0, 0.1) is 5.82 Å². The molecule has 2 aromatic rings. The van der Waals surface area contributed by atoms with Crippen LogP contribution >= 0.6 is 0 Å². The molecule has 3 rings (SSSR count).